The van der Waals surface area contributed by atoms with Gasteiger partial charge < -0.3 is 10.6 Å². The smallest absolute Gasteiger partial charge is 0.251 e. The summed E-state index contributed by atoms with van der Waals surface area (Å²) >= 11 is 1.43. The van der Waals surface area contributed by atoms with Crippen LogP contribution in [-0.2, 0) is 45.4 Å². The number of thiophene rings is 1. The van der Waals surface area contributed by atoms with Gasteiger partial charge in [0.2, 0.25) is 15.9 Å². The molecule has 10 heteroatoms. The molecular formula is C26H29N3O5S2. The highest BCUT2D eigenvalue weighted by atomic mass is 32.2. The largest absolute Gasteiger partial charge is 0.348 e. The average molecular weight is 528 g/mol. The van der Waals surface area contributed by atoms with Gasteiger partial charge in [-0.3, -0.25) is 14.4 Å². The van der Waals surface area contributed by atoms with Gasteiger partial charge in [0.05, 0.1) is 4.90 Å². The standard InChI is InChI=1S/C26H29N3O5S2/c30-21(15-3-4-15)11-23-24(36(33,34)28-12-14-1-2-14)20-10-16(5-8-22(20)35-23)25(31)29-18-6-7-19-17(9-18)13-27-26(19)32/h6-7,9,14-16,28H,1-5,8,10-13H2,(H,27,32)(H,29,31). The molecule has 190 valence electrons. The van der Waals surface area contributed by atoms with Crippen LogP contribution in [-0.4, -0.2) is 32.6 Å². The highest BCUT2D eigenvalue weighted by molar-refractivity contribution is 7.89. The second kappa shape index (κ2) is 9.08. The third-order valence-electron chi connectivity index (χ3n) is 7.60. The van der Waals surface area contributed by atoms with Crippen LogP contribution in [0.15, 0.2) is 23.1 Å². The Hall–Kier alpha value is -2.56. The first kappa shape index (κ1) is 23.8. The average Bonchev–Trinajstić information content (AvgIpc) is 3.77. The molecule has 2 saturated carbocycles. The van der Waals surface area contributed by atoms with Crippen molar-refractivity contribution in [2.45, 2.75) is 62.8 Å². The number of carbonyl (C=O) groups excluding carboxylic acids is 3. The van der Waals surface area contributed by atoms with Crippen LogP contribution < -0.4 is 15.4 Å². The van der Waals surface area contributed by atoms with Gasteiger partial charge in [0.15, 0.2) is 0 Å². The van der Waals surface area contributed by atoms with E-state index in [2.05, 4.69) is 15.4 Å². The molecule has 2 amide bonds. The molecule has 1 atom stereocenters. The van der Waals surface area contributed by atoms with E-state index < -0.39 is 10.0 Å². The number of Topliss-reactive ketones (excluding diaryl/α,β-unsaturated/α-hetero) is 1. The number of hydrogen-bond acceptors (Lipinski definition) is 6. The minimum Gasteiger partial charge on any atom is -0.348 e. The van der Waals surface area contributed by atoms with Gasteiger partial charge in [0.1, 0.15) is 5.78 Å². The minimum atomic E-state index is -3.78. The lowest BCUT2D eigenvalue weighted by atomic mass is 9.87. The predicted octanol–water partition coefficient (Wildman–Crippen LogP) is 2.95. The third kappa shape index (κ3) is 4.73. The number of nitrogens with one attached hydrogen (secondary N) is 3. The van der Waals surface area contributed by atoms with Crippen molar-refractivity contribution < 1.29 is 22.8 Å². The summed E-state index contributed by atoms with van der Waals surface area (Å²) in [5, 5.41) is 5.73. The Balaban J connectivity index is 1.24. The first-order chi connectivity index (χ1) is 17.3. The fourth-order valence-corrected chi connectivity index (χ4v) is 8.43. The topological polar surface area (TPSA) is 121 Å². The van der Waals surface area contributed by atoms with Crippen LogP contribution in [0.5, 0.6) is 0 Å². The summed E-state index contributed by atoms with van der Waals surface area (Å²) in [5.74, 6) is -0.0673. The zero-order valence-electron chi connectivity index (χ0n) is 19.9. The maximum Gasteiger partial charge on any atom is 0.251 e. The molecule has 0 spiro atoms. The Morgan fingerprint density at radius 3 is 2.64 bits per heavy atom. The number of amides is 2. The number of benzene rings is 1. The molecule has 6 rings (SSSR count). The van der Waals surface area contributed by atoms with Crippen LogP contribution in [0.25, 0.3) is 0 Å². The second-order valence-corrected chi connectivity index (χ2v) is 13.3. The van der Waals surface area contributed by atoms with E-state index in [0.717, 1.165) is 36.1 Å². The number of hydrogen-bond donors (Lipinski definition) is 3. The molecule has 36 heavy (non-hydrogen) atoms. The third-order valence-corrected chi connectivity index (χ3v) is 10.6. The molecule has 1 aromatic carbocycles. The van der Waals surface area contributed by atoms with E-state index in [-0.39, 0.29) is 40.7 Å². The van der Waals surface area contributed by atoms with Gasteiger partial charge in [0, 0.05) is 52.4 Å². The van der Waals surface area contributed by atoms with Crippen LogP contribution >= 0.6 is 11.3 Å². The normalized spacial score (nSPS) is 21.0. The van der Waals surface area contributed by atoms with Crippen molar-refractivity contribution in [1.29, 1.82) is 0 Å². The first-order valence-electron chi connectivity index (χ1n) is 12.7. The molecule has 0 bridgehead atoms. The summed E-state index contributed by atoms with van der Waals surface area (Å²) in [7, 11) is -3.78. The fourth-order valence-electron chi connectivity index (χ4n) is 5.15. The molecule has 0 saturated heterocycles. The lowest BCUT2D eigenvalue weighted by molar-refractivity contribution is -0.120. The first-order valence-corrected chi connectivity index (χ1v) is 15.0. The van der Waals surface area contributed by atoms with Gasteiger partial charge in [0.25, 0.3) is 5.91 Å². The van der Waals surface area contributed by atoms with E-state index >= 15 is 0 Å². The van der Waals surface area contributed by atoms with Gasteiger partial charge in [-0.25, -0.2) is 13.1 Å². The Labute approximate surface area is 214 Å². The van der Waals surface area contributed by atoms with Gasteiger partial charge in [-0.1, -0.05) is 0 Å². The maximum absolute atomic E-state index is 13.4. The monoisotopic (exact) mass is 527 g/mol. The molecule has 2 fully saturated rings. The summed E-state index contributed by atoms with van der Waals surface area (Å²) in [6.07, 6.45) is 5.57. The van der Waals surface area contributed by atoms with Crippen molar-refractivity contribution in [2.24, 2.45) is 17.8 Å². The number of anilines is 1. The SMILES string of the molecule is O=C1NCc2cc(NC(=O)C3CCc4sc(CC(=O)C5CC5)c(S(=O)(=O)NCC5CC5)c4C3)ccc21. The zero-order valence-corrected chi connectivity index (χ0v) is 21.5. The number of fused-ring (bicyclic) bond motifs is 2. The number of aryl methyl sites for hydroxylation is 1. The van der Waals surface area contributed by atoms with Gasteiger partial charge in [-0.2, -0.15) is 0 Å². The Bertz CT molecular complexity index is 1370. The van der Waals surface area contributed by atoms with E-state index in [4.69, 9.17) is 0 Å². The summed E-state index contributed by atoms with van der Waals surface area (Å²) in [6, 6.07) is 5.24. The van der Waals surface area contributed by atoms with Gasteiger partial charge >= 0.3 is 0 Å². The molecule has 3 N–H and O–H groups in total. The number of sulfonamides is 1. The molecule has 1 unspecified atom stereocenters. The molecule has 1 aromatic heterocycles. The zero-order chi connectivity index (χ0) is 25.0. The molecular weight excluding hydrogens is 498 g/mol. The van der Waals surface area contributed by atoms with E-state index in [9.17, 15) is 22.8 Å². The highest BCUT2D eigenvalue weighted by Crippen LogP contribution is 2.41. The van der Waals surface area contributed by atoms with Crippen molar-refractivity contribution in [3.63, 3.8) is 0 Å². The van der Waals surface area contributed by atoms with Crippen LogP contribution in [0.2, 0.25) is 0 Å². The van der Waals surface area contributed by atoms with Crippen LogP contribution in [0.4, 0.5) is 5.69 Å². The Morgan fingerprint density at radius 1 is 1.08 bits per heavy atom. The van der Waals surface area contributed by atoms with Crippen molar-refractivity contribution >= 4 is 44.6 Å². The van der Waals surface area contributed by atoms with Crippen LogP contribution in [0, 0.1) is 17.8 Å². The number of ketones is 1. The Morgan fingerprint density at radius 2 is 1.89 bits per heavy atom. The number of carbonyl (C=O) groups is 3. The minimum absolute atomic E-state index is 0.0652. The van der Waals surface area contributed by atoms with E-state index in [1.54, 1.807) is 12.1 Å². The van der Waals surface area contributed by atoms with E-state index in [1.165, 1.54) is 11.3 Å². The molecule has 3 aliphatic carbocycles. The van der Waals surface area contributed by atoms with Crippen LogP contribution in [0.3, 0.4) is 0 Å². The lowest BCUT2D eigenvalue weighted by Crippen LogP contribution is -2.31. The molecule has 8 nitrogen and oxygen atoms in total. The quantitative estimate of drug-likeness (QED) is 0.463. The summed E-state index contributed by atoms with van der Waals surface area (Å²) < 4.78 is 29.7. The number of rotatable bonds is 9. The lowest BCUT2D eigenvalue weighted by Gasteiger charge is -2.23. The van der Waals surface area contributed by atoms with Crippen molar-refractivity contribution in [3.05, 3.63) is 44.6 Å². The predicted molar refractivity (Wildman–Crippen MR) is 135 cm³/mol. The molecule has 4 aliphatic rings. The molecule has 2 aromatic rings. The second-order valence-electron chi connectivity index (χ2n) is 10.5. The summed E-state index contributed by atoms with van der Waals surface area (Å²) in [6.45, 7) is 0.861. The van der Waals surface area contributed by atoms with E-state index in [0.29, 0.717) is 60.0 Å². The molecule has 2 heterocycles. The van der Waals surface area contributed by atoms with Gasteiger partial charge in [-0.05, 0) is 80.2 Å². The van der Waals surface area contributed by atoms with E-state index in [1.807, 2.05) is 6.07 Å². The van der Waals surface area contributed by atoms with Crippen LogP contribution in [0.1, 0.15) is 63.3 Å². The molecule has 1 aliphatic heterocycles. The Kier molecular flexibility index (Phi) is 6.00. The van der Waals surface area contributed by atoms with Crippen molar-refractivity contribution in [2.75, 3.05) is 11.9 Å². The molecule has 0 radical (unpaired) electrons. The van der Waals surface area contributed by atoms with Crippen molar-refractivity contribution in [1.82, 2.24) is 10.0 Å². The fraction of sp³-hybridized carbons (Fsp3) is 0.500. The van der Waals surface area contributed by atoms with Gasteiger partial charge in [-0.15, -0.1) is 11.3 Å². The summed E-state index contributed by atoms with van der Waals surface area (Å²) in [5.41, 5.74) is 2.80. The maximum atomic E-state index is 13.4. The summed E-state index contributed by atoms with van der Waals surface area (Å²) in [4.78, 5) is 39.5. The highest BCUT2D eigenvalue weighted by Gasteiger charge is 2.37. The van der Waals surface area contributed by atoms with Crippen molar-refractivity contribution in [3.8, 4) is 0 Å².